The van der Waals surface area contributed by atoms with Crippen LogP contribution in [0.15, 0.2) is 65.8 Å². The maximum absolute atomic E-state index is 12.7. The summed E-state index contributed by atoms with van der Waals surface area (Å²) in [7, 11) is 2.82. The molecule has 28 heavy (non-hydrogen) atoms. The Morgan fingerprint density at radius 1 is 1.04 bits per heavy atom. The summed E-state index contributed by atoms with van der Waals surface area (Å²) in [4.78, 5) is 9.41. The van der Waals surface area contributed by atoms with Crippen LogP contribution in [0.1, 0.15) is 25.5 Å². The van der Waals surface area contributed by atoms with Crippen LogP contribution >= 0.6 is 0 Å². The number of H-pyrrole nitrogens is 2. The summed E-state index contributed by atoms with van der Waals surface area (Å²) in [6, 6.07) is 16.2. The second-order valence-corrected chi connectivity index (χ2v) is 7.91. The number of hydrogen-bond donors (Lipinski definition) is 3. The van der Waals surface area contributed by atoms with Gasteiger partial charge in [0.15, 0.2) is 0 Å². The number of aromatic amines is 2. The third kappa shape index (κ3) is 4.19. The number of para-hydroxylation sites is 1. The highest BCUT2D eigenvalue weighted by atomic mass is 32.2. The molecule has 0 aliphatic heterocycles. The van der Waals surface area contributed by atoms with E-state index in [-0.39, 0.29) is 6.04 Å². The molecule has 4 rings (SSSR count). The molecular weight excluding hydrogens is 368 g/mol. The molecule has 0 radical (unpaired) electrons. The molecule has 2 unspecified atom stereocenters. The lowest BCUT2D eigenvalue weighted by Crippen LogP contribution is -2.32. The van der Waals surface area contributed by atoms with Crippen molar-refractivity contribution in [3.05, 3.63) is 66.5 Å². The minimum absolute atomic E-state index is 0.115. The molecule has 148 valence electrons. The molecule has 5 nitrogen and oxygen atoms in total. The molecule has 4 aromatic rings. The van der Waals surface area contributed by atoms with E-state index in [9.17, 15) is 4.21 Å². The summed E-state index contributed by atoms with van der Waals surface area (Å²) >= 11 is 0. The van der Waals surface area contributed by atoms with Crippen molar-refractivity contribution in [3.63, 3.8) is 0 Å². The van der Waals surface area contributed by atoms with E-state index in [0.717, 1.165) is 21.3 Å². The number of benzene rings is 2. The zero-order valence-corrected chi connectivity index (χ0v) is 17.6. The first-order chi connectivity index (χ1) is 13.6. The lowest BCUT2D eigenvalue weighted by molar-refractivity contribution is 0.302. The topological polar surface area (TPSA) is 63.9 Å². The van der Waals surface area contributed by atoms with Crippen molar-refractivity contribution in [2.75, 3.05) is 20.6 Å². The van der Waals surface area contributed by atoms with E-state index in [0.29, 0.717) is 6.54 Å². The van der Waals surface area contributed by atoms with Crippen molar-refractivity contribution in [1.29, 1.82) is 0 Å². The molecule has 0 aliphatic rings. The summed E-state index contributed by atoms with van der Waals surface area (Å²) in [5.74, 6) is 0. The number of aromatic nitrogens is 2. The molecule has 2 aromatic heterocycles. The summed E-state index contributed by atoms with van der Waals surface area (Å²) in [6.45, 7) is 4.59. The Balaban J connectivity index is 0.00000109. The van der Waals surface area contributed by atoms with Gasteiger partial charge < -0.3 is 14.9 Å². The van der Waals surface area contributed by atoms with Gasteiger partial charge in [0, 0.05) is 41.4 Å². The van der Waals surface area contributed by atoms with E-state index in [2.05, 4.69) is 31.7 Å². The van der Waals surface area contributed by atoms with Crippen molar-refractivity contribution in [2.24, 2.45) is 0 Å². The molecule has 2 heterocycles. The fraction of sp³-hybridized carbons (Fsp3) is 0.273. The molecule has 0 fully saturated rings. The van der Waals surface area contributed by atoms with Gasteiger partial charge in [-0.2, -0.15) is 0 Å². The summed E-state index contributed by atoms with van der Waals surface area (Å²) < 4.78 is 15.9. The normalized spacial score (nSPS) is 13.5. The van der Waals surface area contributed by atoms with E-state index >= 15 is 0 Å². The van der Waals surface area contributed by atoms with Crippen LogP contribution in [0.2, 0.25) is 0 Å². The molecule has 3 N–H and O–H groups in total. The third-order valence-corrected chi connectivity index (χ3v) is 5.86. The minimum Gasteiger partial charge on any atom is -0.361 e. The number of nitrogens with zero attached hydrogens (tertiary/aromatic N) is 1. The van der Waals surface area contributed by atoms with Gasteiger partial charge in [0.1, 0.15) is 11.0 Å². The summed E-state index contributed by atoms with van der Waals surface area (Å²) in [5, 5.41) is 2.32. The standard InChI is InChI=1S/C20H22N4OS.C2H6/c1-24(2)20(17-12-22-18-6-4-3-5-16(17)18)13-23-26(25)15-8-7-14-9-10-21-19(14)11-15;1-2/h3-12,20-23H,13H2,1-2H3;1-2H3. The van der Waals surface area contributed by atoms with Crippen LogP contribution in [0, 0.1) is 0 Å². The number of hydrogen-bond acceptors (Lipinski definition) is 2. The molecule has 0 bridgehead atoms. The van der Waals surface area contributed by atoms with Gasteiger partial charge in [-0.1, -0.05) is 38.1 Å². The lowest BCUT2D eigenvalue weighted by Gasteiger charge is -2.24. The van der Waals surface area contributed by atoms with Crippen molar-refractivity contribution in [2.45, 2.75) is 24.8 Å². The average Bonchev–Trinajstić information content (AvgIpc) is 3.36. The number of nitrogens with one attached hydrogen (secondary N) is 3. The number of rotatable bonds is 6. The highest BCUT2D eigenvalue weighted by Crippen LogP contribution is 2.27. The fourth-order valence-electron chi connectivity index (χ4n) is 3.32. The molecule has 0 aliphatic carbocycles. The Morgan fingerprint density at radius 3 is 2.61 bits per heavy atom. The van der Waals surface area contributed by atoms with Gasteiger partial charge in [-0.05, 0) is 49.3 Å². The third-order valence-electron chi connectivity index (χ3n) is 4.75. The Hall–Kier alpha value is -2.41. The quantitative estimate of drug-likeness (QED) is 0.446. The molecule has 2 aromatic carbocycles. The van der Waals surface area contributed by atoms with Crippen LogP contribution in [0.25, 0.3) is 21.8 Å². The minimum atomic E-state index is -1.26. The molecular formula is C22H28N4OS. The van der Waals surface area contributed by atoms with E-state index in [1.165, 1.54) is 10.9 Å². The van der Waals surface area contributed by atoms with Gasteiger partial charge in [-0.3, -0.25) is 0 Å². The number of fused-ring (bicyclic) bond motifs is 2. The van der Waals surface area contributed by atoms with Gasteiger partial charge in [-0.15, -0.1) is 0 Å². The maximum atomic E-state index is 12.7. The highest BCUT2D eigenvalue weighted by Gasteiger charge is 2.19. The smallest absolute Gasteiger partial charge is 0.125 e. The van der Waals surface area contributed by atoms with Crippen LogP contribution in [-0.4, -0.2) is 39.7 Å². The zero-order valence-electron chi connectivity index (χ0n) is 16.8. The predicted octanol–water partition coefficient (Wildman–Crippen LogP) is 4.59. The van der Waals surface area contributed by atoms with Gasteiger partial charge >= 0.3 is 0 Å². The van der Waals surface area contributed by atoms with Crippen molar-refractivity contribution < 1.29 is 4.21 Å². The van der Waals surface area contributed by atoms with Gasteiger partial charge in [0.25, 0.3) is 0 Å². The Morgan fingerprint density at radius 2 is 1.82 bits per heavy atom. The first-order valence-corrected chi connectivity index (χ1v) is 10.7. The largest absolute Gasteiger partial charge is 0.361 e. The number of likely N-dealkylation sites (N-methyl/N-ethyl adjacent to an activating group) is 1. The Labute approximate surface area is 168 Å². The zero-order chi connectivity index (χ0) is 20.1. The van der Waals surface area contributed by atoms with E-state index < -0.39 is 11.0 Å². The molecule has 0 saturated carbocycles. The molecule has 6 heteroatoms. The molecule has 0 saturated heterocycles. The first kappa shape index (κ1) is 20.3. The average molecular weight is 397 g/mol. The van der Waals surface area contributed by atoms with Crippen LogP contribution < -0.4 is 4.72 Å². The lowest BCUT2D eigenvalue weighted by atomic mass is 10.1. The first-order valence-electron chi connectivity index (χ1n) is 9.58. The summed E-state index contributed by atoms with van der Waals surface area (Å²) in [6.07, 6.45) is 3.94. The van der Waals surface area contributed by atoms with Crippen LogP contribution in [0.5, 0.6) is 0 Å². The second kappa shape index (κ2) is 9.19. The van der Waals surface area contributed by atoms with E-state index in [4.69, 9.17) is 0 Å². The Kier molecular flexibility index (Phi) is 6.67. The van der Waals surface area contributed by atoms with E-state index in [1.54, 1.807) is 0 Å². The second-order valence-electron chi connectivity index (χ2n) is 6.61. The fourth-order valence-corrected chi connectivity index (χ4v) is 4.21. The summed E-state index contributed by atoms with van der Waals surface area (Å²) in [5.41, 5.74) is 3.32. The Bertz CT molecular complexity index is 1070. The SMILES string of the molecule is CC.CN(C)C(CNS(=O)c1ccc2cc[nH]c2c1)c1c[nH]c2ccccc12. The van der Waals surface area contributed by atoms with Gasteiger partial charge in [0.05, 0.1) is 4.90 Å². The predicted molar refractivity (Wildman–Crippen MR) is 119 cm³/mol. The molecule has 0 amide bonds. The molecule has 2 atom stereocenters. The van der Waals surface area contributed by atoms with E-state index in [1.807, 2.05) is 76.7 Å². The maximum Gasteiger partial charge on any atom is 0.125 e. The van der Waals surface area contributed by atoms with Crippen molar-refractivity contribution in [1.82, 2.24) is 19.6 Å². The molecule has 0 spiro atoms. The van der Waals surface area contributed by atoms with Gasteiger partial charge in [-0.25, -0.2) is 8.93 Å². The monoisotopic (exact) mass is 396 g/mol. The van der Waals surface area contributed by atoms with Crippen LogP contribution in [0.4, 0.5) is 0 Å². The van der Waals surface area contributed by atoms with Crippen LogP contribution in [0.3, 0.4) is 0 Å². The van der Waals surface area contributed by atoms with Crippen molar-refractivity contribution in [3.8, 4) is 0 Å². The van der Waals surface area contributed by atoms with Crippen LogP contribution in [-0.2, 0) is 11.0 Å². The van der Waals surface area contributed by atoms with Gasteiger partial charge in [0.2, 0.25) is 0 Å². The highest BCUT2D eigenvalue weighted by molar-refractivity contribution is 7.83. The van der Waals surface area contributed by atoms with Crippen molar-refractivity contribution >= 4 is 32.8 Å².